The van der Waals surface area contributed by atoms with Crippen LogP contribution in [0.15, 0.2) is 0 Å². The van der Waals surface area contributed by atoms with E-state index in [1.165, 1.54) is 0 Å². The van der Waals surface area contributed by atoms with E-state index in [-0.39, 0.29) is 21.9 Å². The number of aliphatic hydroxyl groups is 1. The number of carbonyl (C=O) groups is 1. The highest BCUT2D eigenvalue weighted by Crippen LogP contribution is 2.69. The number of Topliss-reactive ketones (excluding diaryl/α,β-unsaturated/α-hetero) is 1. The number of piperidine rings is 1. The van der Waals surface area contributed by atoms with E-state index < -0.39 is 11.5 Å². The van der Waals surface area contributed by atoms with Crippen LogP contribution in [0.3, 0.4) is 0 Å². The first-order chi connectivity index (χ1) is 9.45. The fourth-order valence-corrected chi connectivity index (χ4v) is 6.69. The smallest absolute Gasteiger partial charge is 0.133 e. The van der Waals surface area contributed by atoms with Crippen LogP contribution >= 0.6 is 0 Å². The zero-order chi connectivity index (χ0) is 14.2. The van der Waals surface area contributed by atoms with Gasteiger partial charge in [0, 0.05) is 38.0 Å². The number of rotatable bonds is 0. The summed E-state index contributed by atoms with van der Waals surface area (Å²) in [6.07, 6.45) is 5.41. The van der Waals surface area contributed by atoms with E-state index in [4.69, 9.17) is 0 Å². The molecule has 4 aliphatic rings. The van der Waals surface area contributed by atoms with Gasteiger partial charge >= 0.3 is 0 Å². The molecular weight excluding hydrogens is 254 g/mol. The molecular formula is C16H25NO3. The number of hydrogen-bond acceptors (Lipinski definition) is 3. The van der Waals surface area contributed by atoms with Crippen molar-refractivity contribution in [3.8, 4) is 0 Å². The molecule has 0 aromatic heterocycles. The van der Waals surface area contributed by atoms with Gasteiger partial charge in [-0.25, -0.2) is 0 Å². The first-order valence-electron chi connectivity index (χ1n) is 8.23. The van der Waals surface area contributed by atoms with Gasteiger partial charge in [0.05, 0.1) is 24.6 Å². The van der Waals surface area contributed by atoms with Crippen LogP contribution in [0.25, 0.3) is 0 Å². The third-order valence-corrected chi connectivity index (χ3v) is 7.30. The largest absolute Gasteiger partial charge is 0.632 e. The Kier molecular flexibility index (Phi) is 2.54. The molecule has 2 saturated carbocycles. The molecule has 6 atom stereocenters. The van der Waals surface area contributed by atoms with Gasteiger partial charge in [0.1, 0.15) is 11.3 Å². The Balaban J connectivity index is 1.91. The summed E-state index contributed by atoms with van der Waals surface area (Å²) >= 11 is 0. The van der Waals surface area contributed by atoms with Crippen molar-refractivity contribution < 1.29 is 14.5 Å². The van der Waals surface area contributed by atoms with Crippen molar-refractivity contribution in [2.45, 2.75) is 63.5 Å². The summed E-state index contributed by atoms with van der Waals surface area (Å²) in [6, 6.07) is 0. The van der Waals surface area contributed by atoms with E-state index in [1.807, 2.05) is 6.92 Å². The SMILES string of the molecule is C[C@H]1C[N+]2([O-])CCCC23CCC2CCC(=O)CC23[C@H]1O. The zero-order valence-electron chi connectivity index (χ0n) is 12.3. The monoisotopic (exact) mass is 279 g/mol. The lowest BCUT2D eigenvalue weighted by molar-refractivity contribution is -0.938. The molecule has 20 heavy (non-hydrogen) atoms. The second-order valence-corrected chi connectivity index (χ2v) is 7.88. The molecule has 4 unspecified atom stereocenters. The molecule has 0 aromatic rings. The molecule has 4 rings (SSSR count). The lowest BCUT2D eigenvalue weighted by Crippen LogP contribution is -2.74. The highest BCUT2D eigenvalue weighted by atomic mass is 16.6. The molecule has 112 valence electrons. The third kappa shape index (κ3) is 1.23. The van der Waals surface area contributed by atoms with Crippen LogP contribution in [0.5, 0.6) is 0 Å². The van der Waals surface area contributed by atoms with E-state index in [0.717, 1.165) is 32.1 Å². The van der Waals surface area contributed by atoms with Gasteiger partial charge in [-0.1, -0.05) is 6.92 Å². The average Bonchev–Trinajstić information content (AvgIpc) is 2.90. The normalized spacial score (nSPS) is 58.1. The minimum Gasteiger partial charge on any atom is -0.632 e. The Bertz CT molecular complexity index is 467. The van der Waals surface area contributed by atoms with Crippen molar-refractivity contribution in [3.05, 3.63) is 5.21 Å². The van der Waals surface area contributed by atoms with E-state index in [2.05, 4.69) is 0 Å². The Labute approximate surface area is 120 Å². The van der Waals surface area contributed by atoms with E-state index >= 15 is 0 Å². The van der Waals surface area contributed by atoms with E-state index in [1.54, 1.807) is 0 Å². The molecule has 0 aromatic carbocycles. The molecule has 1 N–H and O–H groups in total. The van der Waals surface area contributed by atoms with Crippen LogP contribution in [-0.4, -0.2) is 40.3 Å². The van der Waals surface area contributed by atoms with Crippen LogP contribution in [0, 0.1) is 22.5 Å². The molecule has 0 radical (unpaired) electrons. The maximum Gasteiger partial charge on any atom is 0.133 e. The zero-order valence-corrected chi connectivity index (χ0v) is 12.3. The van der Waals surface area contributed by atoms with Gasteiger partial charge in [0.25, 0.3) is 0 Å². The fraction of sp³-hybridized carbons (Fsp3) is 0.938. The summed E-state index contributed by atoms with van der Waals surface area (Å²) < 4.78 is -0.116. The van der Waals surface area contributed by atoms with Crippen molar-refractivity contribution >= 4 is 5.78 Å². The van der Waals surface area contributed by atoms with Gasteiger partial charge in [-0.2, -0.15) is 0 Å². The Morgan fingerprint density at radius 2 is 2.15 bits per heavy atom. The molecule has 2 spiro atoms. The Hall–Kier alpha value is -0.450. The van der Waals surface area contributed by atoms with Gasteiger partial charge in [-0.15, -0.1) is 0 Å². The number of hydrogen-bond donors (Lipinski definition) is 1. The summed E-state index contributed by atoms with van der Waals surface area (Å²) in [5.41, 5.74) is -0.752. The Morgan fingerprint density at radius 1 is 1.35 bits per heavy atom. The highest BCUT2D eigenvalue weighted by molar-refractivity contribution is 5.80. The van der Waals surface area contributed by atoms with Crippen LogP contribution in [-0.2, 0) is 4.79 Å². The van der Waals surface area contributed by atoms with Crippen LogP contribution in [0.1, 0.15) is 51.9 Å². The van der Waals surface area contributed by atoms with Gasteiger partial charge in [-0.3, -0.25) is 4.79 Å². The second-order valence-electron chi connectivity index (χ2n) is 7.88. The standard InChI is InChI=1S/C16H25NO3/c1-11-10-17(20)8-2-6-15(17)7-5-12-3-4-13(18)9-16(12,15)14(11)19/h11-12,14,19H,2-10H2,1H3/t11-,12?,14-,15?,16?,17?/m0/s1. The van der Waals surface area contributed by atoms with Crippen molar-refractivity contribution in [1.82, 2.24) is 0 Å². The third-order valence-electron chi connectivity index (χ3n) is 7.30. The van der Waals surface area contributed by atoms with Gasteiger partial charge in [0.15, 0.2) is 0 Å². The topological polar surface area (TPSA) is 60.4 Å². The lowest BCUT2D eigenvalue weighted by atomic mass is 9.53. The molecule has 4 fully saturated rings. The first kappa shape index (κ1) is 13.2. The Morgan fingerprint density at radius 3 is 2.95 bits per heavy atom. The lowest BCUT2D eigenvalue weighted by Gasteiger charge is -2.66. The maximum absolute atomic E-state index is 13.5. The fourth-order valence-electron chi connectivity index (χ4n) is 6.69. The maximum atomic E-state index is 13.5. The number of hydroxylamine groups is 3. The van der Waals surface area contributed by atoms with E-state index in [9.17, 15) is 15.1 Å². The number of aliphatic hydroxyl groups excluding tert-OH is 1. The summed E-state index contributed by atoms with van der Waals surface area (Å²) in [7, 11) is 0. The summed E-state index contributed by atoms with van der Waals surface area (Å²) in [5.74, 6) is 0.682. The van der Waals surface area contributed by atoms with Crippen LogP contribution in [0.4, 0.5) is 0 Å². The molecule has 2 saturated heterocycles. The predicted octanol–water partition coefficient (Wildman–Crippen LogP) is 1.99. The van der Waals surface area contributed by atoms with Crippen LogP contribution in [0.2, 0.25) is 0 Å². The number of ketones is 1. The molecule has 4 nitrogen and oxygen atoms in total. The van der Waals surface area contributed by atoms with Gasteiger partial charge < -0.3 is 15.0 Å². The molecule has 2 heterocycles. The summed E-state index contributed by atoms with van der Waals surface area (Å²) in [6.45, 7) is 3.25. The first-order valence-corrected chi connectivity index (χ1v) is 8.23. The van der Waals surface area contributed by atoms with E-state index in [0.29, 0.717) is 31.8 Å². The van der Waals surface area contributed by atoms with Crippen molar-refractivity contribution in [1.29, 1.82) is 0 Å². The van der Waals surface area contributed by atoms with Crippen molar-refractivity contribution in [2.75, 3.05) is 13.1 Å². The average molecular weight is 279 g/mol. The quantitative estimate of drug-likeness (QED) is 0.545. The van der Waals surface area contributed by atoms with Gasteiger partial charge in [0.2, 0.25) is 0 Å². The summed E-state index contributed by atoms with van der Waals surface area (Å²) in [4.78, 5) is 12.2. The molecule has 2 aliphatic heterocycles. The predicted molar refractivity (Wildman–Crippen MR) is 74.5 cm³/mol. The molecule has 4 heteroatoms. The minimum atomic E-state index is -0.461. The molecule has 0 bridgehead atoms. The van der Waals surface area contributed by atoms with Crippen molar-refractivity contribution in [3.63, 3.8) is 0 Å². The number of quaternary nitrogens is 1. The second kappa shape index (κ2) is 3.84. The number of nitrogens with zero attached hydrogens (tertiary/aromatic N) is 1. The number of carbonyl (C=O) groups excluding carboxylic acids is 1. The van der Waals surface area contributed by atoms with Crippen LogP contribution < -0.4 is 0 Å². The van der Waals surface area contributed by atoms with Gasteiger partial charge in [-0.05, 0) is 18.8 Å². The highest BCUT2D eigenvalue weighted by Gasteiger charge is 2.75. The van der Waals surface area contributed by atoms with Crippen molar-refractivity contribution in [2.24, 2.45) is 17.3 Å². The minimum absolute atomic E-state index is 0.0187. The summed E-state index contributed by atoms with van der Waals surface area (Å²) in [5, 5.41) is 24.5. The molecule has 2 aliphatic carbocycles. The molecule has 0 amide bonds.